The molecular weight excluding hydrogens is 250 g/mol. The lowest BCUT2D eigenvalue weighted by Gasteiger charge is -2.04. The molecule has 0 saturated heterocycles. The molecule has 1 heterocycles. The van der Waals surface area contributed by atoms with Crippen LogP contribution in [0.1, 0.15) is 5.56 Å². The first kappa shape index (κ1) is 12.4. The Hall–Kier alpha value is -2.62. The second kappa shape index (κ2) is 5.57. The van der Waals surface area contributed by atoms with Crippen LogP contribution in [0.25, 0.3) is 11.3 Å². The molecule has 0 spiro atoms. The number of hydrogen-bond acceptors (Lipinski definition) is 3. The Labute approximate surface area is 117 Å². The molecule has 0 atom stereocenters. The molecule has 0 fully saturated rings. The van der Waals surface area contributed by atoms with Gasteiger partial charge in [0.1, 0.15) is 11.4 Å². The fraction of sp³-hybridized carbons (Fsp3) is 0.125. The zero-order valence-corrected chi connectivity index (χ0v) is 11.2. The largest absolute Gasteiger partial charge is 0.496 e. The summed E-state index contributed by atoms with van der Waals surface area (Å²) in [5, 5.41) is 8.40. The van der Waals surface area contributed by atoms with Crippen molar-refractivity contribution in [1.82, 2.24) is 15.0 Å². The smallest absolute Gasteiger partial charge is 0.128 e. The van der Waals surface area contributed by atoms with E-state index in [1.165, 1.54) is 5.56 Å². The van der Waals surface area contributed by atoms with Gasteiger partial charge in [-0.15, -0.1) is 5.10 Å². The average molecular weight is 265 g/mol. The number of methoxy groups -OCH3 is 1. The molecule has 0 saturated carbocycles. The molecule has 0 aliphatic carbocycles. The molecule has 0 bridgehead atoms. The number of nitrogens with zero attached hydrogens (tertiary/aromatic N) is 3. The molecule has 0 amide bonds. The lowest BCUT2D eigenvalue weighted by molar-refractivity contribution is 0.416. The summed E-state index contributed by atoms with van der Waals surface area (Å²) in [6.07, 6.45) is 1.94. The molecule has 0 unspecified atom stereocenters. The van der Waals surface area contributed by atoms with E-state index in [1.807, 2.05) is 53.3 Å². The van der Waals surface area contributed by atoms with Crippen molar-refractivity contribution in [2.24, 2.45) is 0 Å². The van der Waals surface area contributed by atoms with Crippen LogP contribution in [0, 0.1) is 0 Å². The van der Waals surface area contributed by atoms with Crippen molar-refractivity contribution < 1.29 is 4.74 Å². The fourth-order valence-electron chi connectivity index (χ4n) is 2.13. The van der Waals surface area contributed by atoms with Crippen molar-refractivity contribution in [3.05, 3.63) is 66.4 Å². The lowest BCUT2D eigenvalue weighted by Crippen LogP contribution is -1.99. The third-order valence-electron chi connectivity index (χ3n) is 3.11. The Bertz CT molecular complexity index is 692. The molecule has 4 heteroatoms. The van der Waals surface area contributed by atoms with Crippen molar-refractivity contribution in [3.63, 3.8) is 0 Å². The van der Waals surface area contributed by atoms with Crippen LogP contribution < -0.4 is 4.74 Å². The van der Waals surface area contributed by atoms with Crippen LogP contribution in [0.4, 0.5) is 0 Å². The number of rotatable bonds is 4. The standard InChI is InChI=1S/C16H15N3O/c1-20-16-10-6-5-9-14(16)15-12-19(18-17-15)11-13-7-3-2-4-8-13/h2-10,12H,11H2,1H3. The van der Waals surface area contributed by atoms with Gasteiger partial charge < -0.3 is 4.74 Å². The Morgan fingerprint density at radius 3 is 2.55 bits per heavy atom. The zero-order valence-electron chi connectivity index (χ0n) is 11.2. The van der Waals surface area contributed by atoms with Gasteiger partial charge in [0, 0.05) is 5.56 Å². The number of aromatic nitrogens is 3. The Balaban J connectivity index is 1.87. The zero-order chi connectivity index (χ0) is 13.8. The maximum atomic E-state index is 5.35. The lowest BCUT2D eigenvalue weighted by atomic mass is 10.1. The third-order valence-corrected chi connectivity index (χ3v) is 3.11. The molecule has 0 aliphatic heterocycles. The molecule has 1 aromatic heterocycles. The summed E-state index contributed by atoms with van der Waals surface area (Å²) < 4.78 is 7.18. The minimum atomic E-state index is 0.711. The molecule has 0 radical (unpaired) electrons. The molecule has 3 rings (SSSR count). The first-order valence-corrected chi connectivity index (χ1v) is 6.44. The van der Waals surface area contributed by atoms with Crippen LogP contribution in [0.2, 0.25) is 0 Å². The van der Waals surface area contributed by atoms with Gasteiger partial charge in [-0.05, 0) is 17.7 Å². The van der Waals surface area contributed by atoms with Crippen molar-refractivity contribution in [2.45, 2.75) is 6.54 Å². The number of benzene rings is 2. The first-order valence-electron chi connectivity index (χ1n) is 6.44. The van der Waals surface area contributed by atoms with E-state index >= 15 is 0 Å². The first-order chi connectivity index (χ1) is 9.86. The summed E-state index contributed by atoms with van der Waals surface area (Å²) in [4.78, 5) is 0. The average Bonchev–Trinajstić information content (AvgIpc) is 2.96. The highest BCUT2D eigenvalue weighted by Crippen LogP contribution is 2.27. The van der Waals surface area contributed by atoms with Crippen LogP contribution in [0.15, 0.2) is 60.8 Å². The van der Waals surface area contributed by atoms with E-state index in [-0.39, 0.29) is 0 Å². The Morgan fingerprint density at radius 1 is 1.00 bits per heavy atom. The van der Waals surface area contributed by atoms with Crippen LogP contribution in [0.5, 0.6) is 5.75 Å². The van der Waals surface area contributed by atoms with Crippen molar-refractivity contribution in [1.29, 1.82) is 0 Å². The van der Waals surface area contributed by atoms with Crippen molar-refractivity contribution in [3.8, 4) is 17.0 Å². The van der Waals surface area contributed by atoms with Crippen molar-refractivity contribution >= 4 is 0 Å². The minimum Gasteiger partial charge on any atom is -0.496 e. The summed E-state index contributed by atoms with van der Waals surface area (Å²) >= 11 is 0. The maximum absolute atomic E-state index is 5.35. The van der Waals surface area contributed by atoms with E-state index in [4.69, 9.17) is 4.74 Å². The Morgan fingerprint density at radius 2 is 1.75 bits per heavy atom. The van der Waals surface area contributed by atoms with Gasteiger partial charge in [-0.3, -0.25) is 0 Å². The van der Waals surface area contributed by atoms with Gasteiger partial charge in [0.25, 0.3) is 0 Å². The topological polar surface area (TPSA) is 39.9 Å². The molecule has 2 aromatic carbocycles. The highest BCUT2D eigenvalue weighted by molar-refractivity contribution is 5.65. The molecule has 100 valence electrons. The predicted molar refractivity (Wildman–Crippen MR) is 77.6 cm³/mol. The van der Waals surface area contributed by atoms with E-state index in [0.717, 1.165) is 17.0 Å². The molecule has 20 heavy (non-hydrogen) atoms. The number of ether oxygens (including phenoxy) is 1. The van der Waals surface area contributed by atoms with Gasteiger partial charge in [0.05, 0.1) is 19.9 Å². The van der Waals surface area contributed by atoms with Crippen LogP contribution >= 0.6 is 0 Å². The fourth-order valence-corrected chi connectivity index (χ4v) is 2.13. The van der Waals surface area contributed by atoms with E-state index in [9.17, 15) is 0 Å². The second-order valence-corrected chi connectivity index (χ2v) is 4.49. The van der Waals surface area contributed by atoms with Crippen LogP contribution in [-0.4, -0.2) is 22.1 Å². The normalized spacial score (nSPS) is 10.4. The van der Waals surface area contributed by atoms with Crippen LogP contribution in [-0.2, 0) is 6.54 Å². The van der Waals surface area contributed by atoms with Gasteiger partial charge in [0.15, 0.2) is 0 Å². The SMILES string of the molecule is COc1ccccc1-c1cn(Cc2ccccc2)nn1. The molecular formula is C16H15N3O. The molecule has 3 aromatic rings. The maximum Gasteiger partial charge on any atom is 0.128 e. The summed E-state index contributed by atoms with van der Waals surface area (Å²) in [5.41, 5.74) is 2.97. The second-order valence-electron chi connectivity index (χ2n) is 4.49. The van der Waals surface area contributed by atoms with Gasteiger partial charge in [0.2, 0.25) is 0 Å². The summed E-state index contributed by atoms with van der Waals surface area (Å²) in [7, 11) is 1.66. The molecule has 0 N–H and O–H groups in total. The third kappa shape index (κ3) is 2.54. The van der Waals surface area contributed by atoms with E-state index in [2.05, 4.69) is 22.4 Å². The van der Waals surface area contributed by atoms with Gasteiger partial charge >= 0.3 is 0 Å². The van der Waals surface area contributed by atoms with Gasteiger partial charge in [-0.25, -0.2) is 4.68 Å². The minimum absolute atomic E-state index is 0.711. The van der Waals surface area contributed by atoms with Gasteiger partial charge in [-0.1, -0.05) is 47.7 Å². The summed E-state index contributed by atoms with van der Waals surface area (Å²) in [6.45, 7) is 0.711. The highest BCUT2D eigenvalue weighted by atomic mass is 16.5. The van der Waals surface area contributed by atoms with E-state index in [1.54, 1.807) is 7.11 Å². The summed E-state index contributed by atoms with van der Waals surface area (Å²) in [5.74, 6) is 0.805. The molecule has 4 nitrogen and oxygen atoms in total. The predicted octanol–water partition coefficient (Wildman–Crippen LogP) is 3.00. The number of hydrogen-bond donors (Lipinski definition) is 0. The monoisotopic (exact) mass is 265 g/mol. The van der Waals surface area contributed by atoms with E-state index in [0.29, 0.717) is 6.54 Å². The van der Waals surface area contributed by atoms with Crippen molar-refractivity contribution in [2.75, 3.05) is 7.11 Å². The molecule has 0 aliphatic rings. The number of para-hydroxylation sites is 1. The van der Waals surface area contributed by atoms with Crippen LogP contribution in [0.3, 0.4) is 0 Å². The quantitative estimate of drug-likeness (QED) is 0.728. The van der Waals surface area contributed by atoms with E-state index < -0.39 is 0 Å². The Kier molecular flexibility index (Phi) is 3.46. The summed E-state index contributed by atoms with van der Waals surface area (Å²) in [6, 6.07) is 18.0. The highest BCUT2D eigenvalue weighted by Gasteiger charge is 2.09. The van der Waals surface area contributed by atoms with Gasteiger partial charge in [-0.2, -0.15) is 0 Å².